The van der Waals surface area contributed by atoms with Gasteiger partial charge in [-0.25, -0.2) is 4.39 Å². The largest absolute Gasteiger partial charge is 0.494 e. The molecule has 0 atom stereocenters. The first kappa shape index (κ1) is 18.9. The van der Waals surface area contributed by atoms with E-state index in [4.69, 9.17) is 4.74 Å². The number of amides is 1. The summed E-state index contributed by atoms with van der Waals surface area (Å²) in [5.41, 5.74) is 3.41. The number of ether oxygens (including phenoxy) is 1. The summed E-state index contributed by atoms with van der Waals surface area (Å²) < 4.78 is 19.1. The highest BCUT2D eigenvalue weighted by molar-refractivity contribution is 5.76. The third-order valence-electron chi connectivity index (χ3n) is 6.28. The number of benzene rings is 2. The van der Waals surface area contributed by atoms with E-state index in [2.05, 4.69) is 22.3 Å². The zero-order valence-corrected chi connectivity index (χ0v) is 16.3. The van der Waals surface area contributed by atoms with Crippen LogP contribution in [-0.4, -0.2) is 37.6 Å². The zero-order valence-electron chi connectivity index (χ0n) is 16.3. The van der Waals surface area contributed by atoms with Crippen molar-refractivity contribution in [3.8, 4) is 16.9 Å². The molecule has 4 nitrogen and oxygen atoms in total. The minimum atomic E-state index is -0.341. The van der Waals surface area contributed by atoms with Gasteiger partial charge in [0.15, 0.2) is 11.6 Å². The maximum atomic E-state index is 14.0. The number of hydrogen-bond donors (Lipinski definition) is 1. The number of rotatable bonds is 4. The van der Waals surface area contributed by atoms with E-state index in [0.29, 0.717) is 11.8 Å². The highest BCUT2D eigenvalue weighted by Crippen LogP contribution is 2.38. The number of likely N-dealkylation sites (tertiary alicyclic amines) is 1. The van der Waals surface area contributed by atoms with E-state index in [0.717, 1.165) is 56.6 Å². The fourth-order valence-electron chi connectivity index (χ4n) is 4.41. The van der Waals surface area contributed by atoms with Crippen molar-refractivity contribution in [2.75, 3.05) is 26.7 Å². The van der Waals surface area contributed by atoms with Crippen LogP contribution in [0.4, 0.5) is 4.39 Å². The number of piperidine rings is 2. The Bertz CT molecular complexity index is 847. The molecule has 1 amide bonds. The lowest BCUT2D eigenvalue weighted by molar-refractivity contribution is -0.125. The SMILES string of the molecule is COc1ccc(-c2cccc(CN3CCC4(CCC(=O)NC4)CC3)c2)cc1F. The molecule has 0 aliphatic carbocycles. The van der Waals surface area contributed by atoms with Gasteiger partial charge in [0, 0.05) is 19.5 Å². The van der Waals surface area contributed by atoms with Crippen molar-refractivity contribution in [3.05, 3.63) is 53.8 Å². The second kappa shape index (κ2) is 7.92. The minimum Gasteiger partial charge on any atom is -0.494 e. The molecule has 2 aliphatic rings. The van der Waals surface area contributed by atoms with E-state index < -0.39 is 0 Å². The van der Waals surface area contributed by atoms with Crippen molar-refractivity contribution in [2.45, 2.75) is 32.2 Å². The summed E-state index contributed by atoms with van der Waals surface area (Å²) in [5, 5.41) is 3.05. The van der Waals surface area contributed by atoms with Gasteiger partial charge in [0.2, 0.25) is 5.91 Å². The van der Waals surface area contributed by atoms with Crippen LogP contribution < -0.4 is 10.1 Å². The van der Waals surface area contributed by atoms with E-state index in [1.165, 1.54) is 18.7 Å². The van der Waals surface area contributed by atoms with E-state index in [1.54, 1.807) is 6.07 Å². The van der Waals surface area contributed by atoms with Gasteiger partial charge in [-0.2, -0.15) is 0 Å². The fraction of sp³-hybridized carbons (Fsp3) is 0.435. The van der Waals surface area contributed by atoms with Crippen LogP contribution in [0.2, 0.25) is 0 Å². The quantitative estimate of drug-likeness (QED) is 0.869. The van der Waals surface area contributed by atoms with Gasteiger partial charge in [0.1, 0.15) is 0 Å². The smallest absolute Gasteiger partial charge is 0.220 e. The van der Waals surface area contributed by atoms with Crippen molar-refractivity contribution in [1.29, 1.82) is 0 Å². The van der Waals surface area contributed by atoms with Gasteiger partial charge in [0.05, 0.1) is 7.11 Å². The number of carbonyl (C=O) groups excluding carboxylic acids is 1. The van der Waals surface area contributed by atoms with Gasteiger partial charge in [-0.1, -0.05) is 24.3 Å². The van der Waals surface area contributed by atoms with E-state index in [1.807, 2.05) is 18.2 Å². The Morgan fingerprint density at radius 1 is 1.11 bits per heavy atom. The molecule has 2 aromatic rings. The molecule has 4 rings (SSSR count). The van der Waals surface area contributed by atoms with Gasteiger partial charge < -0.3 is 10.1 Å². The lowest BCUT2D eigenvalue weighted by atomic mass is 9.73. The molecule has 0 radical (unpaired) electrons. The Morgan fingerprint density at radius 3 is 2.57 bits per heavy atom. The summed E-state index contributed by atoms with van der Waals surface area (Å²) in [7, 11) is 1.47. The van der Waals surface area contributed by atoms with Gasteiger partial charge in [-0.15, -0.1) is 0 Å². The molecule has 5 heteroatoms. The predicted molar refractivity (Wildman–Crippen MR) is 108 cm³/mol. The number of hydrogen-bond acceptors (Lipinski definition) is 3. The topological polar surface area (TPSA) is 41.6 Å². The molecule has 2 aromatic carbocycles. The van der Waals surface area contributed by atoms with Crippen LogP contribution in [0.1, 0.15) is 31.2 Å². The van der Waals surface area contributed by atoms with Crippen molar-refractivity contribution in [2.24, 2.45) is 5.41 Å². The molecule has 0 bridgehead atoms. The monoisotopic (exact) mass is 382 g/mol. The molecule has 2 aliphatic heterocycles. The Kier molecular flexibility index (Phi) is 5.36. The number of halogens is 1. The Labute approximate surface area is 165 Å². The molecule has 28 heavy (non-hydrogen) atoms. The Morgan fingerprint density at radius 2 is 1.89 bits per heavy atom. The molecular weight excluding hydrogens is 355 g/mol. The van der Waals surface area contributed by atoms with Crippen LogP contribution >= 0.6 is 0 Å². The number of carbonyl (C=O) groups is 1. The van der Waals surface area contributed by atoms with Gasteiger partial charge in [0.25, 0.3) is 0 Å². The third-order valence-corrected chi connectivity index (χ3v) is 6.28. The highest BCUT2D eigenvalue weighted by atomic mass is 19.1. The van der Waals surface area contributed by atoms with Gasteiger partial charge in [-0.3, -0.25) is 9.69 Å². The Balaban J connectivity index is 1.40. The first-order chi connectivity index (χ1) is 13.6. The summed E-state index contributed by atoms with van der Waals surface area (Å²) in [6.45, 7) is 3.83. The molecule has 1 N–H and O–H groups in total. The minimum absolute atomic E-state index is 0.194. The molecular formula is C23H27FN2O2. The highest BCUT2D eigenvalue weighted by Gasteiger charge is 2.37. The van der Waals surface area contributed by atoms with Crippen molar-refractivity contribution in [3.63, 3.8) is 0 Å². The first-order valence-corrected chi connectivity index (χ1v) is 9.99. The lowest BCUT2D eigenvalue weighted by Gasteiger charge is -2.44. The average molecular weight is 382 g/mol. The first-order valence-electron chi connectivity index (χ1n) is 9.99. The van der Waals surface area contributed by atoms with Crippen LogP contribution in [-0.2, 0) is 11.3 Å². The van der Waals surface area contributed by atoms with Crippen molar-refractivity contribution >= 4 is 5.91 Å². The molecule has 0 saturated carbocycles. The Hall–Kier alpha value is -2.40. The maximum Gasteiger partial charge on any atom is 0.220 e. The summed E-state index contributed by atoms with van der Waals surface area (Å²) in [5.74, 6) is 0.118. The van der Waals surface area contributed by atoms with E-state index >= 15 is 0 Å². The van der Waals surface area contributed by atoms with Crippen LogP contribution in [0.25, 0.3) is 11.1 Å². The number of methoxy groups -OCH3 is 1. The molecule has 148 valence electrons. The molecule has 2 heterocycles. The fourth-order valence-corrected chi connectivity index (χ4v) is 4.41. The average Bonchev–Trinajstić information content (AvgIpc) is 2.72. The van der Waals surface area contributed by atoms with Crippen LogP contribution in [0.15, 0.2) is 42.5 Å². The van der Waals surface area contributed by atoms with Crippen LogP contribution in [0.5, 0.6) is 5.75 Å². The van der Waals surface area contributed by atoms with Crippen molar-refractivity contribution in [1.82, 2.24) is 10.2 Å². The summed E-state index contributed by atoms with van der Waals surface area (Å²) >= 11 is 0. The van der Waals surface area contributed by atoms with Crippen LogP contribution in [0, 0.1) is 11.2 Å². The van der Waals surface area contributed by atoms with Crippen LogP contribution in [0.3, 0.4) is 0 Å². The zero-order chi connectivity index (χ0) is 19.6. The van der Waals surface area contributed by atoms with Gasteiger partial charge in [-0.05, 0) is 72.7 Å². The van der Waals surface area contributed by atoms with E-state index in [-0.39, 0.29) is 17.5 Å². The summed E-state index contributed by atoms with van der Waals surface area (Å²) in [6.07, 6.45) is 3.96. The standard InChI is InChI=1S/C23H27FN2O2/c1-28-21-6-5-19(14-20(21)24)18-4-2-3-17(13-18)15-26-11-9-23(10-12-26)8-7-22(27)25-16-23/h2-6,13-14H,7-12,15-16H2,1H3,(H,25,27). The maximum absolute atomic E-state index is 14.0. The van der Waals surface area contributed by atoms with E-state index in [9.17, 15) is 9.18 Å². The number of nitrogens with one attached hydrogen (secondary N) is 1. The lowest BCUT2D eigenvalue weighted by Crippen LogP contribution is -2.49. The second-order valence-electron chi connectivity index (χ2n) is 8.10. The second-order valence-corrected chi connectivity index (χ2v) is 8.10. The predicted octanol–water partition coefficient (Wildman–Crippen LogP) is 3.99. The number of nitrogens with zero attached hydrogens (tertiary/aromatic N) is 1. The normalized spacial score (nSPS) is 19.4. The molecule has 2 saturated heterocycles. The van der Waals surface area contributed by atoms with Crippen molar-refractivity contribution < 1.29 is 13.9 Å². The molecule has 0 aromatic heterocycles. The summed E-state index contributed by atoms with van der Waals surface area (Å²) in [4.78, 5) is 13.9. The van der Waals surface area contributed by atoms with Gasteiger partial charge >= 0.3 is 0 Å². The molecule has 1 spiro atoms. The molecule has 0 unspecified atom stereocenters. The third kappa shape index (κ3) is 4.04. The summed E-state index contributed by atoms with van der Waals surface area (Å²) in [6, 6.07) is 13.4. The molecule has 2 fully saturated rings.